The highest BCUT2D eigenvalue weighted by Gasteiger charge is 2.23. The number of fused-ring (bicyclic) bond motifs is 5. The van der Waals surface area contributed by atoms with E-state index in [1.54, 1.807) is 0 Å². The molecule has 0 amide bonds. The zero-order chi connectivity index (χ0) is 39.8. The van der Waals surface area contributed by atoms with Gasteiger partial charge in [0.05, 0.1) is 5.69 Å². The molecule has 282 valence electrons. The molecule has 0 fully saturated rings. The topological polar surface area (TPSA) is 16.4 Å². The highest BCUT2D eigenvalue weighted by molar-refractivity contribution is 6.23. The smallest absolute Gasteiger partial charge is 0.143 e. The molecule has 0 atom stereocenters. The van der Waals surface area contributed by atoms with Crippen LogP contribution >= 0.6 is 0 Å². The lowest BCUT2D eigenvalue weighted by Crippen LogP contribution is -2.10. The summed E-state index contributed by atoms with van der Waals surface area (Å²) in [6.45, 7) is 0. The van der Waals surface area contributed by atoms with Crippen molar-refractivity contribution >= 4 is 49.8 Å². The van der Waals surface area contributed by atoms with E-state index in [9.17, 15) is 0 Å². The SMILES string of the molecule is c1ccc(-c2ccc(-c3cccc(N(c4ccc(-c5ccccc5)cc4)c4cc5c(oc6cccc(-c7ccccc7-c7ccccc7)c65)c5ccccc45)c3)cc2)cc1. The molecule has 0 saturated heterocycles. The van der Waals surface area contributed by atoms with E-state index in [0.717, 1.165) is 60.9 Å². The highest BCUT2D eigenvalue weighted by atomic mass is 16.3. The second-order valence-electron chi connectivity index (χ2n) is 15.3. The summed E-state index contributed by atoms with van der Waals surface area (Å²) in [6.07, 6.45) is 0. The van der Waals surface area contributed by atoms with Gasteiger partial charge in [0.25, 0.3) is 0 Å². The van der Waals surface area contributed by atoms with Crippen LogP contribution in [-0.2, 0) is 0 Å². The van der Waals surface area contributed by atoms with E-state index in [2.05, 4.69) is 241 Å². The Morgan fingerprint density at radius 1 is 0.283 bits per heavy atom. The van der Waals surface area contributed by atoms with Crippen molar-refractivity contribution in [3.63, 3.8) is 0 Å². The van der Waals surface area contributed by atoms with Crippen molar-refractivity contribution in [3.8, 4) is 55.6 Å². The summed E-state index contributed by atoms with van der Waals surface area (Å²) in [6, 6.07) is 84.7. The van der Waals surface area contributed by atoms with Crippen LogP contribution in [0.25, 0.3) is 88.3 Å². The first kappa shape index (κ1) is 35.2. The molecule has 0 aliphatic heterocycles. The van der Waals surface area contributed by atoms with E-state index >= 15 is 0 Å². The van der Waals surface area contributed by atoms with E-state index < -0.39 is 0 Å². The average Bonchev–Trinajstić information content (AvgIpc) is 3.72. The molecule has 11 rings (SSSR count). The molecule has 0 bridgehead atoms. The lowest BCUT2D eigenvalue weighted by Gasteiger charge is -2.28. The van der Waals surface area contributed by atoms with Crippen LogP contribution in [0.2, 0.25) is 0 Å². The second kappa shape index (κ2) is 15.1. The van der Waals surface area contributed by atoms with Crippen LogP contribution in [0, 0.1) is 0 Å². The van der Waals surface area contributed by atoms with Crippen LogP contribution in [0.4, 0.5) is 17.1 Å². The molecule has 1 aromatic heterocycles. The Bertz CT molecular complexity index is 3280. The molecule has 0 aliphatic rings. The van der Waals surface area contributed by atoms with Gasteiger partial charge in [0.15, 0.2) is 0 Å². The monoisotopic (exact) mass is 765 g/mol. The Balaban J connectivity index is 1.13. The van der Waals surface area contributed by atoms with Gasteiger partial charge >= 0.3 is 0 Å². The van der Waals surface area contributed by atoms with Crippen molar-refractivity contribution in [2.75, 3.05) is 4.90 Å². The lowest BCUT2D eigenvalue weighted by molar-refractivity contribution is 0.673. The van der Waals surface area contributed by atoms with Crippen LogP contribution in [-0.4, -0.2) is 0 Å². The molecule has 0 radical (unpaired) electrons. The van der Waals surface area contributed by atoms with Gasteiger partial charge in [-0.1, -0.05) is 200 Å². The Morgan fingerprint density at radius 2 is 0.767 bits per heavy atom. The molecule has 0 spiro atoms. The van der Waals surface area contributed by atoms with Gasteiger partial charge in [0.2, 0.25) is 0 Å². The first-order valence-corrected chi connectivity index (χ1v) is 20.5. The van der Waals surface area contributed by atoms with Crippen molar-refractivity contribution in [1.29, 1.82) is 0 Å². The molecular formula is C58H39NO. The maximum Gasteiger partial charge on any atom is 0.143 e. The normalized spacial score (nSPS) is 11.3. The maximum atomic E-state index is 6.88. The summed E-state index contributed by atoms with van der Waals surface area (Å²) in [7, 11) is 0. The average molecular weight is 766 g/mol. The minimum atomic E-state index is 0.868. The molecule has 0 N–H and O–H groups in total. The molecule has 2 heteroatoms. The maximum absolute atomic E-state index is 6.88. The summed E-state index contributed by atoms with van der Waals surface area (Å²) in [5.41, 5.74) is 16.8. The number of anilines is 3. The summed E-state index contributed by atoms with van der Waals surface area (Å²) in [5.74, 6) is 0. The van der Waals surface area contributed by atoms with Crippen LogP contribution in [0.1, 0.15) is 0 Å². The fraction of sp³-hybridized carbons (Fsp3) is 0. The molecule has 0 unspecified atom stereocenters. The predicted molar refractivity (Wildman–Crippen MR) is 253 cm³/mol. The first-order valence-electron chi connectivity index (χ1n) is 20.5. The third-order valence-electron chi connectivity index (χ3n) is 11.7. The highest BCUT2D eigenvalue weighted by Crippen LogP contribution is 2.48. The third-order valence-corrected chi connectivity index (χ3v) is 11.7. The Kier molecular flexibility index (Phi) is 8.87. The lowest BCUT2D eigenvalue weighted by atomic mass is 9.91. The van der Waals surface area contributed by atoms with Crippen LogP contribution in [0.15, 0.2) is 241 Å². The number of hydrogen-bond donors (Lipinski definition) is 0. The minimum absolute atomic E-state index is 0.868. The molecule has 0 aliphatic carbocycles. The standard InChI is InChI=1S/C58H39NO/c1-4-16-40(17-5-1)42-30-32-44(33-31-42)46-22-14-23-48(38-46)59(47-36-34-43(35-37-47)41-18-6-2-7-19-41)55-39-54-57-52(50-25-11-10-24-49(50)45-20-8-3-9-21-45)28-15-29-56(57)60-58(54)53-27-13-12-26-51(53)55/h1-39H. The predicted octanol–water partition coefficient (Wildman–Crippen LogP) is 16.5. The van der Waals surface area contributed by atoms with Gasteiger partial charge in [-0.3, -0.25) is 0 Å². The molecule has 2 nitrogen and oxygen atoms in total. The van der Waals surface area contributed by atoms with Crippen molar-refractivity contribution in [1.82, 2.24) is 0 Å². The number of rotatable bonds is 8. The van der Waals surface area contributed by atoms with E-state index in [4.69, 9.17) is 4.42 Å². The summed E-state index contributed by atoms with van der Waals surface area (Å²) in [4.78, 5) is 2.41. The van der Waals surface area contributed by atoms with E-state index in [0.29, 0.717) is 0 Å². The molecule has 1 heterocycles. The number of furan rings is 1. The largest absolute Gasteiger partial charge is 0.455 e. The summed E-state index contributed by atoms with van der Waals surface area (Å²) in [5, 5.41) is 4.37. The molecule has 0 saturated carbocycles. The Hall–Kier alpha value is -7.94. The van der Waals surface area contributed by atoms with Crippen molar-refractivity contribution in [2.24, 2.45) is 0 Å². The van der Waals surface area contributed by atoms with Crippen molar-refractivity contribution in [2.45, 2.75) is 0 Å². The van der Waals surface area contributed by atoms with E-state index in [1.165, 1.54) is 44.5 Å². The van der Waals surface area contributed by atoms with E-state index in [-0.39, 0.29) is 0 Å². The number of benzene rings is 10. The van der Waals surface area contributed by atoms with Gasteiger partial charge in [-0.25, -0.2) is 0 Å². The quantitative estimate of drug-likeness (QED) is 0.153. The molecule has 10 aromatic carbocycles. The Labute approximate surface area is 349 Å². The fourth-order valence-corrected chi connectivity index (χ4v) is 8.80. The van der Waals surface area contributed by atoms with Crippen molar-refractivity contribution < 1.29 is 4.42 Å². The number of nitrogens with zero attached hydrogens (tertiary/aromatic N) is 1. The molecular weight excluding hydrogens is 727 g/mol. The zero-order valence-corrected chi connectivity index (χ0v) is 32.9. The number of hydrogen-bond acceptors (Lipinski definition) is 2. The Morgan fingerprint density at radius 3 is 1.43 bits per heavy atom. The second-order valence-corrected chi connectivity index (χ2v) is 15.3. The van der Waals surface area contributed by atoms with Gasteiger partial charge in [0.1, 0.15) is 11.2 Å². The molecule has 60 heavy (non-hydrogen) atoms. The van der Waals surface area contributed by atoms with Gasteiger partial charge in [-0.05, 0) is 92.0 Å². The third kappa shape index (κ3) is 6.32. The zero-order valence-electron chi connectivity index (χ0n) is 32.9. The summed E-state index contributed by atoms with van der Waals surface area (Å²) >= 11 is 0. The van der Waals surface area contributed by atoms with Crippen LogP contribution < -0.4 is 4.90 Å². The molecule has 11 aromatic rings. The summed E-state index contributed by atoms with van der Waals surface area (Å²) < 4.78 is 6.88. The fourth-order valence-electron chi connectivity index (χ4n) is 8.80. The van der Waals surface area contributed by atoms with E-state index in [1.807, 2.05) is 0 Å². The van der Waals surface area contributed by atoms with Gasteiger partial charge in [0, 0.05) is 32.9 Å². The van der Waals surface area contributed by atoms with Gasteiger partial charge in [-0.2, -0.15) is 0 Å². The first-order chi connectivity index (χ1) is 29.8. The van der Waals surface area contributed by atoms with Gasteiger partial charge in [-0.15, -0.1) is 0 Å². The van der Waals surface area contributed by atoms with Crippen LogP contribution in [0.5, 0.6) is 0 Å². The van der Waals surface area contributed by atoms with Crippen molar-refractivity contribution in [3.05, 3.63) is 237 Å². The minimum Gasteiger partial charge on any atom is -0.455 e. The van der Waals surface area contributed by atoms with Crippen LogP contribution in [0.3, 0.4) is 0 Å². The van der Waals surface area contributed by atoms with Gasteiger partial charge < -0.3 is 9.32 Å².